The summed E-state index contributed by atoms with van der Waals surface area (Å²) in [5, 5.41) is 12.2. The highest BCUT2D eigenvalue weighted by molar-refractivity contribution is 5.39. The highest BCUT2D eigenvalue weighted by Gasteiger charge is 2.13. The number of nitrogens with zero attached hydrogens (tertiary/aromatic N) is 2. The Morgan fingerprint density at radius 1 is 1.50 bits per heavy atom. The number of aliphatic hydroxyl groups is 1. The van der Waals surface area contributed by atoms with Crippen molar-refractivity contribution in [3.63, 3.8) is 0 Å². The van der Waals surface area contributed by atoms with Crippen molar-refractivity contribution in [3.8, 4) is 0 Å². The maximum Gasteiger partial charge on any atom is 0.239 e. The van der Waals surface area contributed by atoms with Crippen molar-refractivity contribution >= 4 is 11.8 Å². The molecule has 0 saturated heterocycles. The number of hydrazine groups is 1. The Bertz CT molecular complexity index is 318. The number of nitrogens with one attached hydrogen (secondary N) is 2. The van der Waals surface area contributed by atoms with Gasteiger partial charge in [-0.05, 0) is 18.4 Å². The van der Waals surface area contributed by atoms with Crippen molar-refractivity contribution in [2.24, 2.45) is 11.8 Å². The van der Waals surface area contributed by atoms with Crippen molar-refractivity contribution < 1.29 is 5.11 Å². The second kappa shape index (κ2) is 6.24. The fraction of sp³-hybridized carbons (Fsp3) is 0.600. The summed E-state index contributed by atoms with van der Waals surface area (Å²) in [5.41, 5.74) is 2.39. The third kappa shape index (κ3) is 3.63. The van der Waals surface area contributed by atoms with E-state index in [1.807, 2.05) is 0 Å². The van der Waals surface area contributed by atoms with Gasteiger partial charge in [0.2, 0.25) is 5.95 Å². The largest absolute Gasteiger partial charge is 0.396 e. The van der Waals surface area contributed by atoms with E-state index in [4.69, 9.17) is 10.9 Å². The zero-order chi connectivity index (χ0) is 12.0. The van der Waals surface area contributed by atoms with Crippen LogP contribution in [0, 0.1) is 5.92 Å². The third-order valence-corrected chi connectivity index (χ3v) is 2.36. The van der Waals surface area contributed by atoms with E-state index in [2.05, 4.69) is 34.6 Å². The number of anilines is 2. The van der Waals surface area contributed by atoms with Gasteiger partial charge in [-0.25, -0.2) is 10.8 Å². The maximum absolute atomic E-state index is 8.96. The molecule has 0 saturated carbocycles. The summed E-state index contributed by atoms with van der Waals surface area (Å²) >= 11 is 0. The predicted molar refractivity (Wildman–Crippen MR) is 63.8 cm³/mol. The van der Waals surface area contributed by atoms with Gasteiger partial charge in [-0.15, -0.1) is 0 Å². The molecule has 1 atom stereocenters. The molecule has 0 fully saturated rings. The van der Waals surface area contributed by atoms with Crippen LogP contribution in [-0.2, 0) is 0 Å². The van der Waals surface area contributed by atoms with Crippen molar-refractivity contribution in [1.29, 1.82) is 0 Å². The Labute approximate surface area is 95.3 Å². The Kier molecular flexibility index (Phi) is 4.94. The first kappa shape index (κ1) is 12.7. The van der Waals surface area contributed by atoms with Gasteiger partial charge in [-0.1, -0.05) is 13.8 Å². The van der Waals surface area contributed by atoms with E-state index < -0.39 is 0 Å². The lowest BCUT2D eigenvalue weighted by Crippen LogP contribution is -2.27. The molecule has 5 N–H and O–H groups in total. The first-order valence-corrected chi connectivity index (χ1v) is 5.34. The first-order valence-electron chi connectivity index (χ1n) is 5.34. The van der Waals surface area contributed by atoms with Crippen LogP contribution in [0.2, 0.25) is 0 Å². The van der Waals surface area contributed by atoms with Crippen molar-refractivity contribution in [3.05, 3.63) is 12.3 Å². The number of nitrogens with two attached hydrogens (primary N) is 1. The molecule has 6 heteroatoms. The summed E-state index contributed by atoms with van der Waals surface area (Å²) in [7, 11) is 0. The molecule has 0 aromatic carbocycles. The summed E-state index contributed by atoms with van der Waals surface area (Å²) in [6, 6.07) is 1.96. The summed E-state index contributed by atoms with van der Waals surface area (Å²) in [6.45, 7) is 4.34. The van der Waals surface area contributed by atoms with Crippen LogP contribution in [0.5, 0.6) is 0 Å². The van der Waals surface area contributed by atoms with Crippen molar-refractivity contribution in [2.75, 3.05) is 17.3 Å². The lowest BCUT2D eigenvalue weighted by atomic mass is 10.0. The van der Waals surface area contributed by atoms with Gasteiger partial charge in [-0.3, -0.25) is 5.43 Å². The number of nitrogen functional groups attached to an aromatic ring is 1. The SMILES string of the molecule is CC(C)C(CCO)Nc1ccnc(NN)n1. The molecule has 0 aliphatic carbocycles. The smallest absolute Gasteiger partial charge is 0.239 e. The van der Waals surface area contributed by atoms with E-state index >= 15 is 0 Å². The minimum atomic E-state index is 0.156. The maximum atomic E-state index is 8.96. The van der Waals surface area contributed by atoms with Crippen LogP contribution in [0.1, 0.15) is 20.3 Å². The monoisotopic (exact) mass is 225 g/mol. The molecule has 1 unspecified atom stereocenters. The van der Waals surface area contributed by atoms with E-state index in [1.54, 1.807) is 12.3 Å². The van der Waals surface area contributed by atoms with Crippen LogP contribution in [0.3, 0.4) is 0 Å². The number of hydrogen-bond acceptors (Lipinski definition) is 6. The highest BCUT2D eigenvalue weighted by atomic mass is 16.3. The molecule has 0 aliphatic rings. The molecular formula is C10H19N5O. The van der Waals surface area contributed by atoms with E-state index in [0.29, 0.717) is 24.1 Å². The minimum absolute atomic E-state index is 0.156. The van der Waals surface area contributed by atoms with E-state index in [9.17, 15) is 0 Å². The average molecular weight is 225 g/mol. The second-order valence-corrected chi connectivity index (χ2v) is 3.92. The lowest BCUT2D eigenvalue weighted by molar-refractivity contribution is 0.267. The highest BCUT2D eigenvalue weighted by Crippen LogP contribution is 2.13. The topological polar surface area (TPSA) is 96.1 Å². The fourth-order valence-electron chi connectivity index (χ4n) is 1.41. The molecule has 0 amide bonds. The number of aromatic nitrogens is 2. The second-order valence-electron chi connectivity index (χ2n) is 3.92. The molecule has 16 heavy (non-hydrogen) atoms. The molecule has 1 aromatic rings. The van der Waals surface area contributed by atoms with Gasteiger partial charge >= 0.3 is 0 Å². The normalized spacial score (nSPS) is 12.6. The van der Waals surface area contributed by atoms with Crippen LogP contribution >= 0.6 is 0 Å². The van der Waals surface area contributed by atoms with Gasteiger partial charge < -0.3 is 10.4 Å². The standard InChI is InChI=1S/C10H19N5O/c1-7(2)8(4-6-16)13-9-3-5-12-10(14-9)15-11/h3,5,7-8,16H,4,6,11H2,1-2H3,(H2,12,13,14,15). The predicted octanol–water partition coefficient (Wildman–Crippen LogP) is 0.581. The summed E-state index contributed by atoms with van der Waals surface area (Å²) < 4.78 is 0. The minimum Gasteiger partial charge on any atom is -0.396 e. The summed E-state index contributed by atoms with van der Waals surface area (Å²) in [5.74, 6) is 6.71. The molecule has 1 aromatic heterocycles. The average Bonchev–Trinajstić information content (AvgIpc) is 2.28. The molecule has 1 rings (SSSR count). The molecular weight excluding hydrogens is 206 g/mol. The van der Waals surface area contributed by atoms with E-state index in [1.165, 1.54) is 0 Å². The lowest BCUT2D eigenvalue weighted by Gasteiger charge is -2.22. The van der Waals surface area contributed by atoms with E-state index in [0.717, 1.165) is 0 Å². The van der Waals surface area contributed by atoms with Gasteiger partial charge in [0.25, 0.3) is 0 Å². The fourth-order valence-corrected chi connectivity index (χ4v) is 1.41. The van der Waals surface area contributed by atoms with Gasteiger partial charge in [0.05, 0.1) is 0 Å². The number of aliphatic hydroxyl groups excluding tert-OH is 1. The Morgan fingerprint density at radius 3 is 2.81 bits per heavy atom. The van der Waals surface area contributed by atoms with Gasteiger partial charge in [0, 0.05) is 18.8 Å². The van der Waals surface area contributed by atoms with Gasteiger partial charge in [-0.2, -0.15) is 4.98 Å². The molecule has 0 bridgehead atoms. The van der Waals surface area contributed by atoms with Crippen LogP contribution in [0.4, 0.5) is 11.8 Å². The Morgan fingerprint density at radius 2 is 2.25 bits per heavy atom. The molecule has 0 spiro atoms. The molecule has 1 heterocycles. The van der Waals surface area contributed by atoms with Gasteiger partial charge in [0.15, 0.2) is 0 Å². The van der Waals surface area contributed by atoms with Crippen molar-refractivity contribution in [2.45, 2.75) is 26.3 Å². The quantitative estimate of drug-likeness (QED) is 0.418. The summed E-state index contributed by atoms with van der Waals surface area (Å²) in [4.78, 5) is 8.08. The van der Waals surface area contributed by atoms with E-state index in [-0.39, 0.29) is 12.6 Å². The van der Waals surface area contributed by atoms with Crippen LogP contribution in [0.25, 0.3) is 0 Å². The summed E-state index contributed by atoms with van der Waals surface area (Å²) in [6.07, 6.45) is 2.31. The van der Waals surface area contributed by atoms with Crippen LogP contribution in [-0.4, -0.2) is 27.7 Å². The Hall–Kier alpha value is -1.40. The first-order chi connectivity index (χ1) is 7.67. The number of hydrogen-bond donors (Lipinski definition) is 4. The van der Waals surface area contributed by atoms with Crippen molar-refractivity contribution in [1.82, 2.24) is 9.97 Å². The molecule has 0 radical (unpaired) electrons. The van der Waals surface area contributed by atoms with Crippen LogP contribution < -0.4 is 16.6 Å². The Balaban J connectivity index is 2.68. The molecule has 90 valence electrons. The molecule has 6 nitrogen and oxygen atoms in total. The van der Waals surface area contributed by atoms with Crippen LogP contribution in [0.15, 0.2) is 12.3 Å². The zero-order valence-corrected chi connectivity index (χ0v) is 9.64. The van der Waals surface area contributed by atoms with Gasteiger partial charge in [0.1, 0.15) is 5.82 Å². The number of rotatable bonds is 6. The third-order valence-electron chi connectivity index (χ3n) is 2.36. The zero-order valence-electron chi connectivity index (χ0n) is 9.64. The molecule has 0 aliphatic heterocycles.